The first-order valence-corrected chi connectivity index (χ1v) is 15.4. The Hall–Kier alpha value is -3.28. The van der Waals surface area contributed by atoms with Crippen LogP contribution >= 0.6 is 0 Å². The molecule has 226 valence electrons. The van der Waals surface area contributed by atoms with E-state index in [-0.39, 0.29) is 48.3 Å². The Bertz CT molecular complexity index is 1280. The zero-order valence-electron chi connectivity index (χ0n) is 24.7. The van der Waals surface area contributed by atoms with Gasteiger partial charge in [0.15, 0.2) is 0 Å². The van der Waals surface area contributed by atoms with Crippen LogP contribution in [0, 0.1) is 0 Å². The van der Waals surface area contributed by atoms with Crippen LogP contribution in [0.1, 0.15) is 54.2 Å². The second-order valence-corrected chi connectivity index (χ2v) is 12.3. The van der Waals surface area contributed by atoms with E-state index < -0.39 is 6.10 Å². The highest BCUT2D eigenvalue weighted by atomic mass is 16.5. The second-order valence-electron chi connectivity index (χ2n) is 12.3. The van der Waals surface area contributed by atoms with Crippen LogP contribution in [0.3, 0.4) is 0 Å². The van der Waals surface area contributed by atoms with Crippen molar-refractivity contribution in [2.24, 2.45) is 0 Å². The topological polar surface area (TPSA) is 114 Å². The molecule has 0 bridgehead atoms. The van der Waals surface area contributed by atoms with Crippen molar-refractivity contribution in [3.63, 3.8) is 0 Å². The maximum absolute atomic E-state index is 13.8. The zero-order valence-corrected chi connectivity index (χ0v) is 24.7. The summed E-state index contributed by atoms with van der Waals surface area (Å²) >= 11 is 0. The number of β-amino-alcohol motifs (C(OH)–C–C–N with tert-alkyl or cyclic N) is 1. The molecule has 1 aromatic carbocycles. The van der Waals surface area contributed by atoms with E-state index in [1.807, 2.05) is 4.90 Å². The average Bonchev–Trinajstić information content (AvgIpc) is 3.40. The smallest absolute Gasteiger partial charge is 0.319 e. The van der Waals surface area contributed by atoms with Gasteiger partial charge in [-0.1, -0.05) is 24.3 Å². The minimum absolute atomic E-state index is 0.0177. The fraction of sp³-hybridized carbons (Fsp3) is 0.613. The molecule has 2 N–H and O–H groups in total. The lowest BCUT2D eigenvalue weighted by Gasteiger charge is -2.43. The van der Waals surface area contributed by atoms with Crippen LogP contribution in [0.4, 0.5) is 5.82 Å². The van der Waals surface area contributed by atoms with Crippen LogP contribution in [-0.4, -0.2) is 124 Å². The number of benzene rings is 1. The standard InChI is InChI=1S/C31H43N7O4/c1-21(39)36-14-8-24(9-15-36)32-29-17-26(33-31(34-29)42-25-10-12-35(2)19-25)30(41)38-16-11-27(28(40)20-38)37-13-7-22-5-3-4-6-23(22)18-37/h3-6,17,24-25,27-28,40H,7-16,18-20H2,1-2H3,(H,32,33,34)/t25-,27+,28+/m0/s1. The molecule has 42 heavy (non-hydrogen) atoms. The van der Waals surface area contributed by atoms with Gasteiger partial charge in [-0.2, -0.15) is 9.97 Å². The minimum atomic E-state index is -0.636. The molecule has 1 aromatic heterocycles. The molecule has 2 aromatic rings. The monoisotopic (exact) mass is 577 g/mol. The molecule has 0 radical (unpaired) electrons. The number of amides is 2. The molecule has 3 atom stereocenters. The van der Waals surface area contributed by atoms with Crippen molar-refractivity contribution < 1.29 is 19.4 Å². The van der Waals surface area contributed by atoms with Gasteiger partial charge in [0.2, 0.25) is 5.91 Å². The lowest BCUT2D eigenvalue weighted by molar-refractivity contribution is -0.129. The van der Waals surface area contributed by atoms with E-state index in [0.29, 0.717) is 31.9 Å². The van der Waals surface area contributed by atoms with Crippen molar-refractivity contribution >= 4 is 17.6 Å². The number of nitrogens with zero attached hydrogens (tertiary/aromatic N) is 6. The van der Waals surface area contributed by atoms with Gasteiger partial charge in [0.05, 0.1) is 6.10 Å². The summed E-state index contributed by atoms with van der Waals surface area (Å²) in [5, 5.41) is 14.7. The van der Waals surface area contributed by atoms with Gasteiger partial charge < -0.3 is 29.9 Å². The Labute approximate surface area is 247 Å². The maximum atomic E-state index is 13.8. The number of hydrogen-bond acceptors (Lipinski definition) is 9. The molecule has 11 heteroatoms. The number of aliphatic hydroxyl groups excluding tert-OH is 1. The third-order valence-electron chi connectivity index (χ3n) is 9.30. The molecular weight excluding hydrogens is 534 g/mol. The van der Waals surface area contributed by atoms with Crippen LogP contribution in [0.5, 0.6) is 6.01 Å². The van der Waals surface area contributed by atoms with E-state index in [1.54, 1.807) is 17.9 Å². The molecule has 6 rings (SSSR count). The van der Waals surface area contributed by atoms with Crippen molar-refractivity contribution in [2.75, 3.05) is 58.2 Å². The van der Waals surface area contributed by atoms with Crippen LogP contribution < -0.4 is 10.1 Å². The van der Waals surface area contributed by atoms with Gasteiger partial charge in [0, 0.05) is 77.4 Å². The third kappa shape index (κ3) is 6.53. The molecule has 11 nitrogen and oxygen atoms in total. The summed E-state index contributed by atoms with van der Waals surface area (Å²) in [6.45, 7) is 7.28. The molecule has 3 fully saturated rings. The summed E-state index contributed by atoms with van der Waals surface area (Å²) in [6, 6.07) is 10.6. The third-order valence-corrected chi connectivity index (χ3v) is 9.30. The highest BCUT2D eigenvalue weighted by Crippen LogP contribution is 2.27. The van der Waals surface area contributed by atoms with Crippen molar-refractivity contribution in [1.29, 1.82) is 0 Å². The van der Waals surface area contributed by atoms with Gasteiger partial charge in [0.25, 0.3) is 5.91 Å². The van der Waals surface area contributed by atoms with E-state index in [2.05, 4.69) is 56.4 Å². The number of likely N-dealkylation sites (tertiary alicyclic amines) is 3. The van der Waals surface area contributed by atoms with Gasteiger partial charge in [-0.25, -0.2) is 0 Å². The molecule has 0 spiro atoms. The average molecular weight is 578 g/mol. The van der Waals surface area contributed by atoms with E-state index in [4.69, 9.17) is 4.74 Å². The number of aliphatic hydroxyl groups is 1. The molecule has 0 saturated carbocycles. The lowest BCUT2D eigenvalue weighted by atomic mass is 9.94. The van der Waals surface area contributed by atoms with Crippen molar-refractivity contribution in [3.05, 3.63) is 47.2 Å². The quantitative estimate of drug-likeness (QED) is 0.529. The molecule has 0 aliphatic carbocycles. The van der Waals surface area contributed by atoms with E-state index >= 15 is 0 Å². The molecule has 4 aliphatic heterocycles. The Kier molecular flexibility index (Phi) is 8.60. The molecular formula is C31H43N7O4. The Morgan fingerprint density at radius 1 is 0.952 bits per heavy atom. The number of fused-ring (bicyclic) bond motifs is 1. The molecule has 4 aliphatic rings. The molecule has 3 saturated heterocycles. The summed E-state index contributed by atoms with van der Waals surface area (Å²) in [5.74, 6) is 0.428. The number of piperidine rings is 2. The van der Waals surface area contributed by atoms with Crippen molar-refractivity contribution in [3.8, 4) is 6.01 Å². The van der Waals surface area contributed by atoms with Crippen molar-refractivity contribution in [1.82, 2.24) is 29.6 Å². The zero-order chi connectivity index (χ0) is 29.2. The van der Waals surface area contributed by atoms with Gasteiger partial charge >= 0.3 is 6.01 Å². The summed E-state index contributed by atoms with van der Waals surface area (Å²) in [6.07, 6.45) is 3.51. The number of hydrogen-bond donors (Lipinski definition) is 2. The van der Waals surface area contributed by atoms with Crippen LogP contribution in [-0.2, 0) is 17.8 Å². The number of rotatable bonds is 6. The summed E-state index contributed by atoms with van der Waals surface area (Å²) in [7, 11) is 2.06. The molecule has 5 heterocycles. The Morgan fingerprint density at radius 2 is 1.71 bits per heavy atom. The maximum Gasteiger partial charge on any atom is 0.319 e. The van der Waals surface area contributed by atoms with E-state index in [9.17, 15) is 14.7 Å². The van der Waals surface area contributed by atoms with Crippen LogP contribution in [0.25, 0.3) is 0 Å². The first-order valence-electron chi connectivity index (χ1n) is 15.4. The fourth-order valence-corrected chi connectivity index (χ4v) is 6.84. The summed E-state index contributed by atoms with van der Waals surface area (Å²) in [4.78, 5) is 42.8. The van der Waals surface area contributed by atoms with Gasteiger partial charge in [-0.05, 0) is 50.3 Å². The molecule has 2 amide bonds. The number of ether oxygens (including phenoxy) is 1. The Balaban J connectivity index is 1.14. The van der Waals surface area contributed by atoms with E-state index in [0.717, 1.165) is 51.9 Å². The number of carbonyl (C=O) groups is 2. The lowest BCUT2D eigenvalue weighted by Crippen LogP contribution is -2.56. The SMILES string of the molecule is CC(=O)N1CCC(Nc2cc(C(=O)N3CC[C@@H](N4CCc5ccccc5C4)[C@H](O)C3)nc(O[C@H]3CCN(C)C3)n2)CC1. The van der Waals surface area contributed by atoms with Gasteiger partial charge in [-0.3, -0.25) is 14.5 Å². The highest BCUT2D eigenvalue weighted by molar-refractivity contribution is 5.93. The number of anilines is 1. The predicted octanol–water partition coefficient (Wildman–Crippen LogP) is 1.62. The number of likely N-dealkylation sites (N-methyl/N-ethyl adjacent to an activating group) is 1. The number of nitrogens with one attached hydrogen (secondary N) is 1. The normalized spacial score (nSPS) is 25.7. The van der Waals surface area contributed by atoms with Gasteiger partial charge in [0.1, 0.15) is 17.6 Å². The Morgan fingerprint density at radius 3 is 2.43 bits per heavy atom. The highest BCUT2D eigenvalue weighted by Gasteiger charge is 2.36. The summed E-state index contributed by atoms with van der Waals surface area (Å²) < 4.78 is 6.16. The largest absolute Gasteiger partial charge is 0.459 e. The second kappa shape index (κ2) is 12.5. The van der Waals surface area contributed by atoms with Gasteiger partial charge in [-0.15, -0.1) is 0 Å². The molecule has 0 unspecified atom stereocenters. The number of aromatic nitrogens is 2. The number of carbonyl (C=O) groups excluding carboxylic acids is 2. The predicted molar refractivity (Wildman–Crippen MR) is 158 cm³/mol. The van der Waals surface area contributed by atoms with E-state index in [1.165, 1.54) is 11.1 Å². The summed E-state index contributed by atoms with van der Waals surface area (Å²) in [5.41, 5.74) is 2.98. The fourth-order valence-electron chi connectivity index (χ4n) is 6.84. The minimum Gasteiger partial charge on any atom is -0.459 e. The van der Waals surface area contributed by atoms with Crippen LogP contribution in [0.15, 0.2) is 30.3 Å². The first-order chi connectivity index (χ1) is 20.3. The first kappa shape index (κ1) is 28.8. The van der Waals surface area contributed by atoms with Crippen molar-refractivity contribution in [2.45, 2.75) is 69.9 Å². The van der Waals surface area contributed by atoms with Crippen LogP contribution in [0.2, 0.25) is 0 Å².